The zero-order chi connectivity index (χ0) is 33.9. The molecule has 1 N–H and O–H groups in total. The summed E-state index contributed by atoms with van der Waals surface area (Å²) < 4.78 is 25.8. The Labute approximate surface area is 273 Å². The van der Waals surface area contributed by atoms with Crippen molar-refractivity contribution in [1.29, 1.82) is 0 Å². The smallest absolute Gasteiger partial charge is 0.494 e. The molecule has 0 aliphatic rings. The molecule has 0 saturated carbocycles. The molecule has 0 spiro atoms. The maximum Gasteiger partial charge on any atom is 0.513 e. The third kappa shape index (κ3) is 13.2. The molecule has 3 aromatic carbocycles. The van der Waals surface area contributed by atoms with Gasteiger partial charge in [-0.05, 0) is 72.7 Å². The van der Waals surface area contributed by atoms with Gasteiger partial charge in [0.1, 0.15) is 11.5 Å². The summed E-state index contributed by atoms with van der Waals surface area (Å²) in [5.74, 6) is -0.209. The number of esters is 2. The van der Waals surface area contributed by atoms with Crippen molar-refractivity contribution in [2.75, 3.05) is 33.0 Å². The minimum Gasteiger partial charge on any atom is -0.494 e. The van der Waals surface area contributed by atoms with Gasteiger partial charge in [-0.3, -0.25) is 4.79 Å². The van der Waals surface area contributed by atoms with E-state index in [1.54, 1.807) is 42.5 Å². The molecule has 3 rings (SSSR count). The third-order valence-electron chi connectivity index (χ3n) is 6.56. The van der Waals surface area contributed by atoms with Gasteiger partial charge in [-0.15, -0.1) is 0 Å². The number of aliphatic hydroxyl groups is 1. The van der Waals surface area contributed by atoms with Crippen molar-refractivity contribution in [1.82, 2.24) is 0 Å². The van der Waals surface area contributed by atoms with Gasteiger partial charge >= 0.3 is 18.1 Å². The first-order chi connectivity index (χ1) is 22.8. The van der Waals surface area contributed by atoms with E-state index in [0.29, 0.717) is 49.4 Å². The van der Waals surface area contributed by atoms with Crippen molar-refractivity contribution in [3.8, 4) is 22.6 Å². The zero-order valence-corrected chi connectivity index (χ0v) is 26.1. The molecule has 0 aliphatic heterocycles. The summed E-state index contributed by atoms with van der Waals surface area (Å²) >= 11 is 0. The molecule has 0 bridgehead atoms. The van der Waals surface area contributed by atoms with Gasteiger partial charge < -0.3 is 28.8 Å². The van der Waals surface area contributed by atoms with Crippen LogP contribution in [0.4, 0.5) is 4.79 Å². The standard InChI is InChI=1S/C37H38O10/c1-3-35(40)44-23-5-7-25-46-37(42)47-33-19-15-30(16-20-33)29-11-13-31(14-12-29)34(39)21-10-28-8-17-32(18-9-28)43-22-4-6-24-45-36(41)27(2)26-38/h3,8-21,38H,1-2,4-7,22-26H2/b21-10+. The lowest BCUT2D eigenvalue weighted by molar-refractivity contribution is -0.140. The SMILES string of the molecule is C=CC(=O)OCCCCOC(=O)Oc1ccc(-c2ccc(C(=O)/C=C/c3ccc(OCCCCOC(=O)C(=C)CO)cc3)cc2)cc1. The van der Waals surface area contributed by atoms with Gasteiger partial charge in [-0.2, -0.15) is 0 Å². The summed E-state index contributed by atoms with van der Waals surface area (Å²) in [6, 6.07) is 21.4. The van der Waals surface area contributed by atoms with Gasteiger partial charge in [0.05, 0.1) is 38.6 Å². The number of hydrogen-bond donors (Lipinski definition) is 1. The Hall–Kier alpha value is -5.48. The molecular formula is C37H38O10. The number of carbonyl (C=O) groups excluding carboxylic acids is 4. The van der Waals surface area contributed by atoms with Crippen LogP contribution in [-0.2, 0) is 23.8 Å². The van der Waals surface area contributed by atoms with E-state index in [2.05, 4.69) is 13.2 Å². The highest BCUT2D eigenvalue weighted by atomic mass is 16.7. The van der Waals surface area contributed by atoms with E-state index in [1.807, 2.05) is 36.4 Å². The predicted molar refractivity (Wildman–Crippen MR) is 176 cm³/mol. The fraction of sp³-hybridized carbons (Fsp3) is 0.243. The van der Waals surface area contributed by atoms with Crippen molar-refractivity contribution in [2.24, 2.45) is 0 Å². The van der Waals surface area contributed by atoms with E-state index in [0.717, 1.165) is 22.8 Å². The summed E-state index contributed by atoms with van der Waals surface area (Å²) in [4.78, 5) is 47.0. The fourth-order valence-corrected chi connectivity index (χ4v) is 3.93. The van der Waals surface area contributed by atoms with E-state index in [-0.39, 0.29) is 31.2 Å². The average Bonchev–Trinajstić information content (AvgIpc) is 3.10. The molecule has 0 fully saturated rings. The monoisotopic (exact) mass is 642 g/mol. The molecule has 10 nitrogen and oxygen atoms in total. The largest absolute Gasteiger partial charge is 0.513 e. The number of ketones is 1. The Morgan fingerprint density at radius 1 is 0.681 bits per heavy atom. The normalized spacial score (nSPS) is 10.6. The van der Waals surface area contributed by atoms with Crippen molar-refractivity contribution < 1.29 is 48.0 Å². The van der Waals surface area contributed by atoms with Gasteiger partial charge in [0.15, 0.2) is 5.78 Å². The number of aliphatic hydroxyl groups excluding tert-OH is 1. The fourth-order valence-electron chi connectivity index (χ4n) is 3.93. The van der Waals surface area contributed by atoms with Crippen molar-refractivity contribution >= 4 is 30.0 Å². The summed E-state index contributed by atoms with van der Waals surface area (Å²) in [5, 5.41) is 8.85. The molecule has 47 heavy (non-hydrogen) atoms. The molecule has 0 amide bonds. The van der Waals surface area contributed by atoms with Crippen LogP contribution in [0.3, 0.4) is 0 Å². The lowest BCUT2D eigenvalue weighted by Gasteiger charge is -2.08. The van der Waals surface area contributed by atoms with Crippen LogP contribution < -0.4 is 9.47 Å². The van der Waals surface area contributed by atoms with Gasteiger partial charge in [0.25, 0.3) is 0 Å². The topological polar surface area (TPSA) is 135 Å². The minimum atomic E-state index is -0.821. The second-order valence-electron chi connectivity index (χ2n) is 10.1. The van der Waals surface area contributed by atoms with E-state index < -0.39 is 24.7 Å². The van der Waals surface area contributed by atoms with Crippen molar-refractivity contribution in [2.45, 2.75) is 25.7 Å². The minimum absolute atomic E-state index is 0.0285. The highest BCUT2D eigenvalue weighted by Gasteiger charge is 2.09. The van der Waals surface area contributed by atoms with Crippen molar-refractivity contribution in [3.05, 3.63) is 115 Å². The van der Waals surface area contributed by atoms with Crippen LogP contribution in [0.5, 0.6) is 11.5 Å². The highest BCUT2D eigenvalue weighted by molar-refractivity contribution is 6.07. The Bertz CT molecular complexity index is 1520. The van der Waals surface area contributed by atoms with Crippen LogP contribution in [0.15, 0.2) is 104 Å². The summed E-state index contributed by atoms with van der Waals surface area (Å²) in [7, 11) is 0. The maximum absolute atomic E-state index is 12.7. The molecule has 0 saturated heterocycles. The summed E-state index contributed by atoms with van der Waals surface area (Å²) in [5.41, 5.74) is 3.18. The number of benzene rings is 3. The number of unbranched alkanes of at least 4 members (excludes halogenated alkanes) is 2. The van der Waals surface area contributed by atoms with Crippen LogP contribution in [0, 0.1) is 0 Å². The lowest BCUT2D eigenvalue weighted by Crippen LogP contribution is -2.12. The molecule has 0 unspecified atom stereocenters. The Kier molecular flexibility index (Phi) is 15.2. The first-order valence-electron chi connectivity index (χ1n) is 15.0. The predicted octanol–water partition coefficient (Wildman–Crippen LogP) is 6.53. The number of hydrogen-bond acceptors (Lipinski definition) is 10. The molecule has 0 radical (unpaired) electrons. The molecule has 10 heteroatoms. The van der Waals surface area contributed by atoms with Crippen LogP contribution in [-0.4, -0.2) is 62.0 Å². The summed E-state index contributed by atoms with van der Waals surface area (Å²) in [6.45, 7) is 7.35. The summed E-state index contributed by atoms with van der Waals surface area (Å²) in [6.07, 6.45) is 5.89. The molecule has 0 aromatic heterocycles. The van der Waals surface area contributed by atoms with E-state index in [9.17, 15) is 19.2 Å². The highest BCUT2D eigenvalue weighted by Crippen LogP contribution is 2.23. The van der Waals surface area contributed by atoms with E-state index in [1.165, 1.54) is 6.08 Å². The molecule has 0 atom stereocenters. The number of carbonyl (C=O) groups is 4. The van der Waals surface area contributed by atoms with Gasteiger partial charge in [0, 0.05) is 11.6 Å². The first-order valence-corrected chi connectivity index (χ1v) is 15.0. The van der Waals surface area contributed by atoms with Crippen LogP contribution in [0.2, 0.25) is 0 Å². The Morgan fingerprint density at radius 2 is 1.23 bits per heavy atom. The average molecular weight is 643 g/mol. The van der Waals surface area contributed by atoms with Crippen molar-refractivity contribution in [3.63, 3.8) is 0 Å². The van der Waals surface area contributed by atoms with Gasteiger partial charge in [0.2, 0.25) is 0 Å². The van der Waals surface area contributed by atoms with Gasteiger partial charge in [-0.25, -0.2) is 14.4 Å². The van der Waals surface area contributed by atoms with Crippen LogP contribution >= 0.6 is 0 Å². The van der Waals surface area contributed by atoms with Crippen LogP contribution in [0.1, 0.15) is 41.6 Å². The first kappa shape index (κ1) is 36.0. The van der Waals surface area contributed by atoms with Crippen LogP contribution in [0.25, 0.3) is 17.2 Å². The Balaban J connectivity index is 1.38. The second kappa shape index (κ2) is 19.8. The molecule has 246 valence electrons. The quantitative estimate of drug-likeness (QED) is 0.0384. The van der Waals surface area contributed by atoms with E-state index >= 15 is 0 Å². The second-order valence-corrected chi connectivity index (χ2v) is 10.1. The van der Waals surface area contributed by atoms with Gasteiger partial charge in [-0.1, -0.05) is 67.8 Å². The molecule has 3 aromatic rings. The number of allylic oxidation sites excluding steroid dienone is 1. The Morgan fingerprint density at radius 3 is 1.85 bits per heavy atom. The number of rotatable bonds is 19. The van der Waals surface area contributed by atoms with E-state index in [4.69, 9.17) is 28.8 Å². The molecule has 0 aliphatic carbocycles. The number of ether oxygens (including phenoxy) is 5. The maximum atomic E-state index is 12.7. The zero-order valence-electron chi connectivity index (χ0n) is 26.1. The molecular weight excluding hydrogens is 604 g/mol. The lowest BCUT2D eigenvalue weighted by atomic mass is 10.0. The third-order valence-corrected chi connectivity index (χ3v) is 6.56. The molecule has 0 heterocycles.